The molecule has 4 heteroatoms. The van der Waals surface area contributed by atoms with E-state index in [1.54, 1.807) is 0 Å². The SMILES string of the molecule is CCCC(=O)N1CCC(ON)C1. The monoisotopic (exact) mass is 172 g/mol. The topological polar surface area (TPSA) is 55.6 Å². The van der Waals surface area contributed by atoms with Gasteiger partial charge >= 0.3 is 0 Å². The molecule has 0 saturated carbocycles. The molecule has 0 aromatic carbocycles. The Balaban J connectivity index is 2.31. The van der Waals surface area contributed by atoms with Crippen molar-refractivity contribution < 1.29 is 9.63 Å². The third kappa shape index (κ3) is 2.19. The van der Waals surface area contributed by atoms with Gasteiger partial charge in [0.1, 0.15) is 0 Å². The molecule has 1 rings (SSSR count). The lowest BCUT2D eigenvalue weighted by molar-refractivity contribution is -0.130. The highest BCUT2D eigenvalue weighted by molar-refractivity contribution is 5.76. The first kappa shape index (κ1) is 9.48. The summed E-state index contributed by atoms with van der Waals surface area (Å²) in [6.07, 6.45) is 2.46. The second kappa shape index (κ2) is 4.42. The maximum Gasteiger partial charge on any atom is 0.222 e. The van der Waals surface area contributed by atoms with Gasteiger partial charge in [-0.2, -0.15) is 0 Å². The Morgan fingerprint density at radius 1 is 1.75 bits per heavy atom. The summed E-state index contributed by atoms with van der Waals surface area (Å²) in [6, 6.07) is 0. The van der Waals surface area contributed by atoms with Crippen molar-refractivity contribution in [1.29, 1.82) is 0 Å². The second-order valence-electron chi connectivity index (χ2n) is 3.14. The summed E-state index contributed by atoms with van der Waals surface area (Å²) in [5.74, 6) is 5.25. The van der Waals surface area contributed by atoms with E-state index in [0.29, 0.717) is 13.0 Å². The van der Waals surface area contributed by atoms with Gasteiger partial charge in [0.2, 0.25) is 5.91 Å². The van der Waals surface area contributed by atoms with E-state index in [0.717, 1.165) is 19.4 Å². The van der Waals surface area contributed by atoms with Crippen molar-refractivity contribution in [1.82, 2.24) is 4.90 Å². The Labute approximate surface area is 72.6 Å². The van der Waals surface area contributed by atoms with Gasteiger partial charge in [-0.15, -0.1) is 0 Å². The molecule has 1 aliphatic heterocycles. The molecule has 1 aliphatic rings. The normalized spacial score (nSPS) is 23.2. The summed E-state index contributed by atoms with van der Waals surface area (Å²) in [5.41, 5.74) is 0. The van der Waals surface area contributed by atoms with Gasteiger partial charge < -0.3 is 4.90 Å². The molecule has 1 unspecified atom stereocenters. The van der Waals surface area contributed by atoms with Crippen LogP contribution in [-0.2, 0) is 9.63 Å². The van der Waals surface area contributed by atoms with Crippen molar-refractivity contribution in [3.05, 3.63) is 0 Å². The molecule has 1 amide bonds. The molecule has 0 aromatic heterocycles. The maximum atomic E-state index is 11.3. The first-order valence-corrected chi connectivity index (χ1v) is 4.41. The highest BCUT2D eigenvalue weighted by Crippen LogP contribution is 2.12. The van der Waals surface area contributed by atoms with Crippen LogP contribution in [0.3, 0.4) is 0 Å². The largest absolute Gasteiger partial charge is 0.340 e. The summed E-state index contributed by atoms with van der Waals surface area (Å²) in [7, 11) is 0. The van der Waals surface area contributed by atoms with Crippen LogP contribution in [0.15, 0.2) is 0 Å². The minimum Gasteiger partial charge on any atom is -0.340 e. The number of hydrogen-bond acceptors (Lipinski definition) is 3. The van der Waals surface area contributed by atoms with E-state index in [1.807, 2.05) is 11.8 Å². The van der Waals surface area contributed by atoms with Crippen LogP contribution < -0.4 is 5.90 Å². The Kier molecular flexibility index (Phi) is 3.49. The molecule has 0 aromatic rings. The Bertz CT molecular complexity index is 161. The third-order valence-electron chi connectivity index (χ3n) is 2.15. The number of rotatable bonds is 3. The Morgan fingerprint density at radius 3 is 3.00 bits per heavy atom. The summed E-state index contributed by atoms with van der Waals surface area (Å²) < 4.78 is 0. The third-order valence-corrected chi connectivity index (χ3v) is 2.15. The van der Waals surface area contributed by atoms with Crippen molar-refractivity contribution in [2.75, 3.05) is 13.1 Å². The second-order valence-corrected chi connectivity index (χ2v) is 3.14. The number of carbonyl (C=O) groups is 1. The molecule has 0 spiro atoms. The quantitative estimate of drug-likeness (QED) is 0.622. The van der Waals surface area contributed by atoms with E-state index in [-0.39, 0.29) is 12.0 Å². The molecule has 70 valence electrons. The van der Waals surface area contributed by atoms with Gasteiger partial charge in [-0.1, -0.05) is 6.92 Å². The van der Waals surface area contributed by atoms with Crippen molar-refractivity contribution >= 4 is 5.91 Å². The first-order chi connectivity index (χ1) is 5.77. The van der Waals surface area contributed by atoms with Crippen LogP contribution in [0.5, 0.6) is 0 Å². The van der Waals surface area contributed by atoms with Crippen molar-refractivity contribution in [2.24, 2.45) is 5.90 Å². The fraction of sp³-hybridized carbons (Fsp3) is 0.875. The summed E-state index contributed by atoms with van der Waals surface area (Å²) >= 11 is 0. The van der Waals surface area contributed by atoms with E-state index < -0.39 is 0 Å². The van der Waals surface area contributed by atoms with Crippen LogP contribution >= 0.6 is 0 Å². The van der Waals surface area contributed by atoms with Gasteiger partial charge in [0.25, 0.3) is 0 Å². The summed E-state index contributed by atoms with van der Waals surface area (Å²) in [5, 5.41) is 0. The van der Waals surface area contributed by atoms with Crippen LogP contribution in [-0.4, -0.2) is 30.0 Å². The minimum absolute atomic E-state index is 0.0470. The van der Waals surface area contributed by atoms with Gasteiger partial charge in [-0.3, -0.25) is 9.63 Å². The van der Waals surface area contributed by atoms with Gasteiger partial charge in [0.15, 0.2) is 0 Å². The molecule has 0 bridgehead atoms. The standard InChI is InChI=1S/C8H16N2O2/c1-2-3-8(11)10-5-4-7(6-10)12-9/h7H,2-6,9H2,1H3. The van der Waals surface area contributed by atoms with Crippen LogP contribution in [0.25, 0.3) is 0 Å². The van der Waals surface area contributed by atoms with Crippen molar-refractivity contribution in [3.63, 3.8) is 0 Å². The number of nitrogens with zero attached hydrogens (tertiary/aromatic N) is 1. The molecule has 1 saturated heterocycles. The molecule has 0 radical (unpaired) electrons. The van der Waals surface area contributed by atoms with E-state index in [2.05, 4.69) is 4.84 Å². The molecular weight excluding hydrogens is 156 g/mol. The minimum atomic E-state index is 0.0470. The zero-order valence-electron chi connectivity index (χ0n) is 7.45. The van der Waals surface area contributed by atoms with Gasteiger partial charge in [-0.25, -0.2) is 5.90 Å². The molecule has 4 nitrogen and oxygen atoms in total. The van der Waals surface area contributed by atoms with Crippen LogP contribution in [0, 0.1) is 0 Å². The number of hydrogen-bond donors (Lipinski definition) is 1. The number of amides is 1. The van der Waals surface area contributed by atoms with E-state index in [9.17, 15) is 4.79 Å². The highest BCUT2D eigenvalue weighted by Gasteiger charge is 2.25. The van der Waals surface area contributed by atoms with E-state index >= 15 is 0 Å². The number of likely N-dealkylation sites (tertiary alicyclic amines) is 1. The average Bonchev–Trinajstić information content (AvgIpc) is 2.52. The molecule has 2 N–H and O–H groups in total. The van der Waals surface area contributed by atoms with Crippen LogP contribution in [0.1, 0.15) is 26.2 Å². The molecule has 1 atom stereocenters. The lowest BCUT2D eigenvalue weighted by atomic mass is 10.3. The Hall–Kier alpha value is -0.610. The van der Waals surface area contributed by atoms with Crippen LogP contribution in [0.2, 0.25) is 0 Å². The Morgan fingerprint density at radius 2 is 2.50 bits per heavy atom. The van der Waals surface area contributed by atoms with Gasteiger partial charge in [0, 0.05) is 19.5 Å². The van der Waals surface area contributed by atoms with Gasteiger partial charge in [0.05, 0.1) is 6.10 Å². The predicted octanol–water partition coefficient (Wildman–Crippen LogP) is 0.278. The van der Waals surface area contributed by atoms with Crippen molar-refractivity contribution in [3.8, 4) is 0 Å². The fourth-order valence-electron chi connectivity index (χ4n) is 1.44. The van der Waals surface area contributed by atoms with Crippen molar-refractivity contribution in [2.45, 2.75) is 32.3 Å². The van der Waals surface area contributed by atoms with E-state index in [1.165, 1.54) is 0 Å². The molecule has 12 heavy (non-hydrogen) atoms. The molecule has 1 heterocycles. The lowest BCUT2D eigenvalue weighted by Gasteiger charge is -2.14. The summed E-state index contributed by atoms with van der Waals surface area (Å²) in [6.45, 7) is 3.46. The number of nitrogens with two attached hydrogens (primary N) is 1. The predicted molar refractivity (Wildman–Crippen MR) is 45.2 cm³/mol. The zero-order valence-corrected chi connectivity index (χ0v) is 7.45. The molecule has 1 fully saturated rings. The van der Waals surface area contributed by atoms with Gasteiger partial charge in [-0.05, 0) is 12.8 Å². The summed E-state index contributed by atoms with van der Waals surface area (Å²) in [4.78, 5) is 17.8. The van der Waals surface area contributed by atoms with Crippen LogP contribution in [0.4, 0.5) is 0 Å². The molecular formula is C8H16N2O2. The zero-order chi connectivity index (χ0) is 8.97. The smallest absolute Gasteiger partial charge is 0.222 e. The lowest BCUT2D eigenvalue weighted by Crippen LogP contribution is -2.30. The number of carbonyl (C=O) groups excluding carboxylic acids is 1. The average molecular weight is 172 g/mol. The highest BCUT2D eigenvalue weighted by atomic mass is 16.6. The molecule has 0 aliphatic carbocycles. The maximum absolute atomic E-state index is 11.3. The fourth-order valence-corrected chi connectivity index (χ4v) is 1.44. The first-order valence-electron chi connectivity index (χ1n) is 4.41. The van der Waals surface area contributed by atoms with E-state index in [4.69, 9.17) is 5.90 Å².